The standard InChI is InChI=1S/C7H7NO2S/c1-9-5-6-4(2-3-11-6)10-7(5)8/h2-3H,8H2,1H3. The zero-order valence-corrected chi connectivity index (χ0v) is 6.77. The molecular weight excluding hydrogens is 162 g/mol. The average molecular weight is 169 g/mol. The molecule has 2 aromatic rings. The first-order valence-corrected chi connectivity index (χ1v) is 4.00. The minimum Gasteiger partial charge on any atom is -0.490 e. The molecule has 2 N–H and O–H groups in total. The Labute approximate surface area is 67.4 Å². The van der Waals surface area contributed by atoms with Gasteiger partial charge in [-0.05, 0) is 11.4 Å². The summed E-state index contributed by atoms with van der Waals surface area (Å²) in [5, 5.41) is 1.94. The summed E-state index contributed by atoms with van der Waals surface area (Å²) in [6, 6.07) is 1.87. The number of nitrogen functional groups attached to an aromatic ring is 1. The first kappa shape index (κ1) is 6.54. The fourth-order valence-electron chi connectivity index (χ4n) is 1.01. The molecule has 0 radical (unpaired) electrons. The second-order valence-corrected chi connectivity index (χ2v) is 3.03. The summed E-state index contributed by atoms with van der Waals surface area (Å²) in [7, 11) is 1.58. The van der Waals surface area contributed by atoms with Crippen LogP contribution in [0.15, 0.2) is 15.9 Å². The van der Waals surface area contributed by atoms with Crippen molar-refractivity contribution in [3.63, 3.8) is 0 Å². The highest BCUT2D eigenvalue weighted by Gasteiger charge is 2.12. The molecule has 0 saturated heterocycles. The van der Waals surface area contributed by atoms with Crippen LogP contribution in [-0.2, 0) is 0 Å². The van der Waals surface area contributed by atoms with Crippen molar-refractivity contribution in [3.05, 3.63) is 11.4 Å². The fraction of sp³-hybridized carbons (Fsp3) is 0.143. The minimum atomic E-state index is 0.356. The molecule has 0 fully saturated rings. The van der Waals surface area contributed by atoms with Crippen LogP contribution >= 0.6 is 11.3 Å². The summed E-state index contributed by atoms with van der Waals surface area (Å²) >= 11 is 1.56. The normalized spacial score (nSPS) is 10.6. The number of anilines is 1. The number of hydrogen-bond donors (Lipinski definition) is 1. The van der Waals surface area contributed by atoms with Gasteiger partial charge in [0.1, 0.15) is 4.70 Å². The van der Waals surface area contributed by atoms with Gasteiger partial charge in [0.05, 0.1) is 7.11 Å². The quantitative estimate of drug-likeness (QED) is 0.711. The summed E-state index contributed by atoms with van der Waals surface area (Å²) in [5.41, 5.74) is 6.32. The zero-order valence-electron chi connectivity index (χ0n) is 5.96. The summed E-state index contributed by atoms with van der Waals surface area (Å²) in [5.74, 6) is 1.00. The molecule has 4 heteroatoms. The Hall–Kier alpha value is -1.16. The summed E-state index contributed by atoms with van der Waals surface area (Å²) in [6.45, 7) is 0. The van der Waals surface area contributed by atoms with Crippen LogP contribution in [0.3, 0.4) is 0 Å². The SMILES string of the molecule is COc1c(N)oc2ccsc12. The van der Waals surface area contributed by atoms with E-state index in [0.717, 1.165) is 10.3 Å². The Morgan fingerprint density at radius 1 is 1.64 bits per heavy atom. The second-order valence-electron chi connectivity index (χ2n) is 2.11. The maximum Gasteiger partial charge on any atom is 0.235 e. The van der Waals surface area contributed by atoms with Gasteiger partial charge in [0.15, 0.2) is 11.3 Å². The highest BCUT2D eigenvalue weighted by molar-refractivity contribution is 7.17. The van der Waals surface area contributed by atoms with E-state index in [-0.39, 0.29) is 0 Å². The van der Waals surface area contributed by atoms with Gasteiger partial charge in [-0.2, -0.15) is 0 Å². The summed E-state index contributed by atoms with van der Waals surface area (Å²) in [6.07, 6.45) is 0. The zero-order chi connectivity index (χ0) is 7.84. The molecule has 0 aliphatic carbocycles. The van der Waals surface area contributed by atoms with Gasteiger partial charge in [-0.1, -0.05) is 0 Å². The molecule has 0 spiro atoms. The van der Waals surface area contributed by atoms with Gasteiger partial charge in [-0.3, -0.25) is 0 Å². The van der Waals surface area contributed by atoms with Gasteiger partial charge in [0, 0.05) is 0 Å². The highest BCUT2D eigenvalue weighted by atomic mass is 32.1. The maximum atomic E-state index is 5.52. The Balaban J connectivity index is 2.80. The third-order valence-corrected chi connectivity index (χ3v) is 2.38. The van der Waals surface area contributed by atoms with E-state index in [1.807, 2.05) is 11.4 Å². The number of furan rings is 1. The molecule has 11 heavy (non-hydrogen) atoms. The van der Waals surface area contributed by atoms with Crippen molar-refractivity contribution in [2.24, 2.45) is 0 Å². The molecule has 0 atom stereocenters. The van der Waals surface area contributed by atoms with Crippen molar-refractivity contribution in [1.29, 1.82) is 0 Å². The molecule has 3 nitrogen and oxygen atoms in total. The van der Waals surface area contributed by atoms with Gasteiger partial charge in [-0.25, -0.2) is 0 Å². The van der Waals surface area contributed by atoms with Crippen molar-refractivity contribution < 1.29 is 9.15 Å². The number of hydrogen-bond acceptors (Lipinski definition) is 4. The monoisotopic (exact) mass is 169 g/mol. The average Bonchev–Trinajstić information content (AvgIpc) is 2.46. The molecule has 0 unspecified atom stereocenters. The van der Waals surface area contributed by atoms with Crippen LogP contribution < -0.4 is 10.5 Å². The topological polar surface area (TPSA) is 48.4 Å². The van der Waals surface area contributed by atoms with Crippen LogP contribution in [0.5, 0.6) is 5.75 Å². The van der Waals surface area contributed by atoms with E-state index in [2.05, 4.69) is 0 Å². The van der Waals surface area contributed by atoms with Gasteiger partial charge in [0.2, 0.25) is 5.88 Å². The summed E-state index contributed by atoms with van der Waals surface area (Å²) in [4.78, 5) is 0. The number of methoxy groups -OCH3 is 1. The lowest BCUT2D eigenvalue weighted by molar-refractivity contribution is 0.415. The molecule has 2 rings (SSSR count). The lowest BCUT2D eigenvalue weighted by Gasteiger charge is -1.92. The highest BCUT2D eigenvalue weighted by Crippen LogP contribution is 2.38. The predicted molar refractivity (Wildman–Crippen MR) is 45.1 cm³/mol. The predicted octanol–water partition coefficient (Wildman–Crippen LogP) is 2.09. The lowest BCUT2D eigenvalue weighted by Crippen LogP contribution is -1.86. The van der Waals surface area contributed by atoms with Crippen molar-refractivity contribution >= 4 is 27.5 Å². The van der Waals surface area contributed by atoms with Crippen molar-refractivity contribution in [1.82, 2.24) is 0 Å². The molecule has 0 saturated carbocycles. The van der Waals surface area contributed by atoms with Crippen molar-refractivity contribution in [3.8, 4) is 5.75 Å². The van der Waals surface area contributed by atoms with E-state index >= 15 is 0 Å². The number of thiophene rings is 1. The van der Waals surface area contributed by atoms with E-state index in [4.69, 9.17) is 14.9 Å². The van der Waals surface area contributed by atoms with Crippen LogP contribution in [0.1, 0.15) is 0 Å². The third kappa shape index (κ3) is 0.793. The molecule has 0 aromatic carbocycles. The van der Waals surface area contributed by atoms with Crippen LogP contribution in [0.25, 0.3) is 10.3 Å². The fourth-order valence-corrected chi connectivity index (χ4v) is 1.86. The Morgan fingerprint density at radius 2 is 2.45 bits per heavy atom. The number of nitrogens with two attached hydrogens (primary N) is 1. The third-order valence-electron chi connectivity index (χ3n) is 1.48. The van der Waals surface area contributed by atoms with Crippen molar-refractivity contribution in [2.75, 3.05) is 12.8 Å². The number of fused-ring (bicyclic) bond motifs is 1. The number of rotatable bonds is 1. The Kier molecular flexibility index (Phi) is 1.29. The molecule has 0 amide bonds. The van der Waals surface area contributed by atoms with Crippen LogP contribution in [0.2, 0.25) is 0 Å². The first-order chi connectivity index (χ1) is 5.33. The van der Waals surface area contributed by atoms with E-state index in [1.165, 1.54) is 0 Å². The van der Waals surface area contributed by atoms with E-state index < -0.39 is 0 Å². The Bertz CT molecular complexity index is 377. The molecule has 2 heterocycles. The van der Waals surface area contributed by atoms with Crippen molar-refractivity contribution in [2.45, 2.75) is 0 Å². The molecule has 0 aliphatic rings. The first-order valence-electron chi connectivity index (χ1n) is 3.12. The van der Waals surface area contributed by atoms with Gasteiger partial charge in [0.25, 0.3) is 0 Å². The molecule has 0 aliphatic heterocycles. The van der Waals surface area contributed by atoms with Crippen LogP contribution in [0, 0.1) is 0 Å². The van der Waals surface area contributed by atoms with E-state index in [1.54, 1.807) is 18.4 Å². The molecule has 0 bridgehead atoms. The lowest BCUT2D eigenvalue weighted by atomic mass is 10.5. The van der Waals surface area contributed by atoms with Gasteiger partial charge >= 0.3 is 0 Å². The van der Waals surface area contributed by atoms with Gasteiger partial charge in [-0.15, -0.1) is 11.3 Å². The number of ether oxygens (including phenoxy) is 1. The minimum absolute atomic E-state index is 0.356. The van der Waals surface area contributed by atoms with Crippen LogP contribution in [-0.4, -0.2) is 7.11 Å². The molecule has 58 valence electrons. The second kappa shape index (κ2) is 2.17. The van der Waals surface area contributed by atoms with Gasteiger partial charge < -0.3 is 14.9 Å². The Morgan fingerprint density at radius 3 is 3.18 bits per heavy atom. The van der Waals surface area contributed by atoms with E-state index in [0.29, 0.717) is 11.6 Å². The maximum absolute atomic E-state index is 5.52. The largest absolute Gasteiger partial charge is 0.490 e. The van der Waals surface area contributed by atoms with E-state index in [9.17, 15) is 0 Å². The molecule has 2 aromatic heterocycles. The smallest absolute Gasteiger partial charge is 0.235 e. The van der Waals surface area contributed by atoms with Crippen LogP contribution in [0.4, 0.5) is 5.88 Å². The summed E-state index contributed by atoms with van der Waals surface area (Å²) < 4.78 is 11.2. The molecular formula is C7H7NO2S.